The van der Waals surface area contributed by atoms with Gasteiger partial charge in [-0.2, -0.15) is 0 Å². The fourth-order valence-electron chi connectivity index (χ4n) is 2.44. The summed E-state index contributed by atoms with van der Waals surface area (Å²) in [5.74, 6) is 1.43. The van der Waals surface area contributed by atoms with E-state index >= 15 is 0 Å². The maximum atomic E-state index is 12.9. The molecule has 3 aromatic carbocycles. The molecule has 128 valence electrons. The van der Waals surface area contributed by atoms with Crippen LogP contribution in [0.4, 0.5) is 4.39 Å². The van der Waals surface area contributed by atoms with Crippen LogP contribution >= 0.6 is 0 Å². The molecule has 0 radical (unpaired) electrons. The van der Waals surface area contributed by atoms with E-state index in [1.165, 1.54) is 12.1 Å². The number of rotatable bonds is 5. The zero-order valence-corrected chi connectivity index (χ0v) is 14.1. The average molecular weight is 338 g/mol. The molecule has 0 aliphatic rings. The Bertz CT molecular complexity index is 873. The molecule has 0 aliphatic carbocycles. The lowest BCUT2D eigenvalue weighted by Gasteiger charge is -2.12. The molecule has 0 spiro atoms. The molecule has 0 saturated heterocycles. The molecule has 0 unspecified atom stereocenters. The summed E-state index contributed by atoms with van der Waals surface area (Å²) < 4.78 is 24.5. The van der Waals surface area contributed by atoms with Gasteiger partial charge in [-0.25, -0.2) is 4.39 Å². The second-order valence-electron chi connectivity index (χ2n) is 5.97. The van der Waals surface area contributed by atoms with E-state index in [0.29, 0.717) is 23.9 Å². The summed E-state index contributed by atoms with van der Waals surface area (Å²) in [6.07, 6.45) is 0. The second-order valence-corrected chi connectivity index (χ2v) is 5.97. The molecule has 0 amide bonds. The van der Waals surface area contributed by atoms with Gasteiger partial charge in [-0.3, -0.25) is 0 Å². The quantitative estimate of drug-likeness (QED) is 0.666. The minimum Gasteiger partial charge on any atom is -0.504 e. The highest BCUT2D eigenvalue weighted by Gasteiger charge is 2.07. The highest BCUT2D eigenvalue weighted by Crippen LogP contribution is 2.33. The number of hydrogen-bond acceptors (Lipinski definition) is 3. The number of aromatic hydroxyl groups is 1. The predicted octanol–water partition coefficient (Wildman–Crippen LogP) is 5.52. The Balaban J connectivity index is 1.74. The average Bonchev–Trinajstić information content (AvgIpc) is 2.56. The van der Waals surface area contributed by atoms with Crippen LogP contribution in [0.2, 0.25) is 0 Å². The van der Waals surface area contributed by atoms with Gasteiger partial charge >= 0.3 is 0 Å². The van der Waals surface area contributed by atoms with E-state index in [4.69, 9.17) is 9.47 Å². The van der Waals surface area contributed by atoms with Gasteiger partial charge < -0.3 is 14.6 Å². The molecule has 3 aromatic rings. The van der Waals surface area contributed by atoms with Crippen molar-refractivity contribution in [2.24, 2.45) is 0 Å². The summed E-state index contributed by atoms with van der Waals surface area (Å²) >= 11 is 0. The second kappa shape index (κ2) is 7.26. The number of phenolic OH excluding ortho intramolecular Hbond substituents is 1. The van der Waals surface area contributed by atoms with Crippen LogP contribution in [0.25, 0.3) is 0 Å². The normalized spacial score (nSPS) is 10.5. The third-order valence-electron chi connectivity index (χ3n) is 3.69. The SMILES string of the molecule is Cc1cc(OCc2ccc(F)cc2)cc(Oc2ccc(C)cc2O)c1. The first-order chi connectivity index (χ1) is 12.0. The molecule has 3 nitrogen and oxygen atoms in total. The van der Waals surface area contributed by atoms with Crippen molar-refractivity contribution in [1.82, 2.24) is 0 Å². The van der Waals surface area contributed by atoms with E-state index in [1.54, 1.807) is 30.3 Å². The van der Waals surface area contributed by atoms with E-state index < -0.39 is 0 Å². The lowest BCUT2D eigenvalue weighted by Crippen LogP contribution is -1.96. The van der Waals surface area contributed by atoms with Gasteiger partial charge in [0.2, 0.25) is 0 Å². The van der Waals surface area contributed by atoms with E-state index in [9.17, 15) is 9.50 Å². The van der Waals surface area contributed by atoms with Crippen LogP contribution in [-0.4, -0.2) is 5.11 Å². The Kier molecular flexibility index (Phi) is 4.89. The summed E-state index contributed by atoms with van der Waals surface area (Å²) in [5, 5.41) is 9.98. The predicted molar refractivity (Wildman–Crippen MR) is 94.8 cm³/mol. The Labute approximate surface area is 146 Å². The van der Waals surface area contributed by atoms with Crippen molar-refractivity contribution in [3.05, 3.63) is 83.2 Å². The van der Waals surface area contributed by atoms with Crippen molar-refractivity contribution in [3.63, 3.8) is 0 Å². The highest BCUT2D eigenvalue weighted by molar-refractivity contribution is 5.46. The Morgan fingerprint density at radius 1 is 0.840 bits per heavy atom. The van der Waals surface area contributed by atoms with E-state index in [0.717, 1.165) is 16.7 Å². The smallest absolute Gasteiger partial charge is 0.169 e. The van der Waals surface area contributed by atoms with Gasteiger partial charge in [-0.15, -0.1) is 0 Å². The molecule has 1 N–H and O–H groups in total. The standard InChI is InChI=1S/C21H19FO3/c1-14-3-8-21(20(23)11-14)25-19-10-15(2)9-18(12-19)24-13-16-4-6-17(22)7-5-16/h3-12,23H,13H2,1-2H3. The van der Waals surface area contributed by atoms with Crippen molar-refractivity contribution in [3.8, 4) is 23.0 Å². The molecule has 0 bridgehead atoms. The van der Waals surface area contributed by atoms with Crippen LogP contribution in [-0.2, 0) is 6.61 Å². The highest BCUT2D eigenvalue weighted by atomic mass is 19.1. The minimum absolute atomic E-state index is 0.0929. The summed E-state index contributed by atoms with van der Waals surface area (Å²) in [5.41, 5.74) is 2.80. The van der Waals surface area contributed by atoms with Gasteiger partial charge in [0, 0.05) is 6.07 Å². The van der Waals surface area contributed by atoms with Crippen LogP contribution in [0, 0.1) is 19.7 Å². The van der Waals surface area contributed by atoms with E-state index in [-0.39, 0.29) is 11.6 Å². The van der Waals surface area contributed by atoms with Gasteiger partial charge in [-0.05, 0) is 66.9 Å². The fraction of sp³-hybridized carbons (Fsp3) is 0.143. The number of hydrogen-bond donors (Lipinski definition) is 1. The first-order valence-corrected chi connectivity index (χ1v) is 7.96. The Hall–Kier alpha value is -3.01. The van der Waals surface area contributed by atoms with Gasteiger partial charge in [-0.1, -0.05) is 18.2 Å². The Morgan fingerprint density at radius 3 is 2.28 bits per heavy atom. The zero-order valence-electron chi connectivity index (χ0n) is 14.1. The number of halogens is 1. The number of ether oxygens (including phenoxy) is 2. The number of benzene rings is 3. The summed E-state index contributed by atoms with van der Waals surface area (Å²) in [7, 11) is 0. The van der Waals surface area contributed by atoms with Crippen LogP contribution in [0.5, 0.6) is 23.0 Å². The molecule has 0 atom stereocenters. The monoisotopic (exact) mass is 338 g/mol. The Morgan fingerprint density at radius 2 is 1.56 bits per heavy atom. The molecule has 0 fully saturated rings. The lowest BCUT2D eigenvalue weighted by molar-refractivity contribution is 0.304. The van der Waals surface area contributed by atoms with Crippen LogP contribution < -0.4 is 9.47 Å². The van der Waals surface area contributed by atoms with Crippen molar-refractivity contribution in [2.45, 2.75) is 20.5 Å². The van der Waals surface area contributed by atoms with E-state index in [2.05, 4.69) is 0 Å². The molecule has 0 saturated carbocycles. The fourth-order valence-corrected chi connectivity index (χ4v) is 2.44. The third-order valence-corrected chi connectivity index (χ3v) is 3.69. The number of aryl methyl sites for hydroxylation is 2. The zero-order chi connectivity index (χ0) is 17.8. The molecular formula is C21H19FO3. The molecule has 0 aromatic heterocycles. The maximum absolute atomic E-state index is 12.9. The first-order valence-electron chi connectivity index (χ1n) is 7.96. The molecule has 3 rings (SSSR count). The van der Waals surface area contributed by atoms with Gasteiger partial charge in [0.1, 0.15) is 23.9 Å². The van der Waals surface area contributed by atoms with Crippen LogP contribution in [0.3, 0.4) is 0 Å². The van der Waals surface area contributed by atoms with E-state index in [1.807, 2.05) is 32.0 Å². The van der Waals surface area contributed by atoms with Gasteiger partial charge in [0.25, 0.3) is 0 Å². The van der Waals surface area contributed by atoms with Crippen LogP contribution in [0.15, 0.2) is 60.7 Å². The van der Waals surface area contributed by atoms with Crippen LogP contribution in [0.1, 0.15) is 16.7 Å². The third kappa shape index (κ3) is 4.51. The van der Waals surface area contributed by atoms with Crippen molar-refractivity contribution < 1.29 is 19.0 Å². The molecular weight excluding hydrogens is 319 g/mol. The summed E-state index contributed by atoms with van der Waals surface area (Å²) in [6.45, 7) is 4.17. The van der Waals surface area contributed by atoms with Gasteiger partial charge in [0.05, 0.1) is 0 Å². The topological polar surface area (TPSA) is 38.7 Å². The van der Waals surface area contributed by atoms with Gasteiger partial charge in [0.15, 0.2) is 11.5 Å². The minimum atomic E-state index is -0.270. The molecule has 0 aliphatic heterocycles. The summed E-state index contributed by atoms with van der Waals surface area (Å²) in [4.78, 5) is 0. The van der Waals surface area contributed by atoms with Crippen molar-refractivity contribution in [1.29, 1.82) is 0 Å². The van der Waals surface area contributed by atoms with Crippen molar-refractivity contribution in [2.75, 3.05) is 0 Å². The first kappa shape index (κ1) is 16.8. The molecule has 4 heteroatoms. The maximum Gasteiger partial charge on any atom is 0.169 e. The number of phenols is 1. The molecule has 25 heavy (non-hydrogen) atoms. The molecule has 0 heterocycles. The lowest BCUT2D eigenvalue weighted by atomic mass is 10.2. The van der Waals surface area contributed by atoms with Crippen molar-refractivity contribution >= 4 is 0 Å². The summed E-state index contributed by atoms with van der Waals surface area (Å²) in [6, 6.07) is 17.0. The largest absolute Gasteiger partial charge is 0.504 e.